The average Bonchev–Trinajstić information content (AvgIpc) is 2.30. The molecule has 0 aromatic heterocycles. The van der Waals surface area contributed by atoms with Crippen LogP contribution in [0.5, 0.6) is 0 Å². The molecular weight excluding hydrogens is 339 g/mol. The number of nitrogens with zero attached hydrogens (tertiary/aromatic N) is 1. The maximum Gasteiger partial charge on any atom is 0.244 e. The Bertz CT molecular complexity index is 563. The number of hydrogen-bond donors (Lipinski definition) is 2. The minimum atomic E-state index is -3.80. The van der Waals surface area contributed by atoms with E-state index in [1.165, 1.54) is 7.05 Å². The molecule has 1 aromatic carbocycles. The highest BCUT2D eigenvalue weighted by atomic mass is 79.9. The highest BCUT2D eigenvalue weighted by molar-refractivity contribution is 9.10. The Balaban J connectivity index is 3.10. The highest BCUT2D eigenvalue weighted by Crippen LogP contribution is 2.28. The van der Waals surface area contributed by atoms with Crippen LogP contribution in [0.2, 0.25) is 0 Å². The summed E-state index contributed by atoms with van der Waals surface area (Å²) in [5.74, 6) is -0.622. The second kappa shape index (κ2) is 6.17. The number of sulfonamides is 1. The first-order valence-corrected chi connectivity index (χ1v) is 7.78. The van der Waals surface area contributed by atoms with Gasteiger partial charge in [0.25, 0.3) is 0 Å². The molecule has 0 aliphatic heterocycles. The van der Waals surface area contributed by atoms with E-state index >= 15 is 0 Å². The number of benzene rings is 1. The Hall–Kier alpha value is -0.700. The first-order chi connectivity index (χ1) is 8.66. The van der Waals surface area contributed by atoms with Gasteiger partial charge in [0, 0.05) is 13.6 Å². The van der Waals surface area contributed by atoms with Gasteiger partial charge in [0.15, 0.2) is 0 Å². The summed E-state index contributed by atoms with van der Waals surface area (Å²) >= 11 is 2.93. The maximum absolute atomic E-state index is 13.2. The lowest BCUT2D eigenvalue weighted by Gasteiger charge is -2.19. The van der Waals surface area contributed by atoms with Gasteiger partial charge in [-0.25, -0.2) is 17.1 Å². The van der Waals surface area contributed by atoms with Crippen molar-refractivity contribution in [3.63, 3.8) is 0 Å². The van der Waals surface area contributed by atoms with Crippen molar-refractivity contribution < 1.29 is 17.9 Å². The molecule has 8 heteroatoms. The number of hydrogen-bond acceptors (Lipinski definition) is 4. The average molecular weight is 355 g/mol. The predicted molar refractivity (Wildman–Crippen MR) is 74.6 cm³/mol. The van der Waals surface area contributed by atoms with E-state index in [1.807, 2.05) is 0 Å². The van der Waals surface area contributed by atoms with Crippen molar-refractivity contribution in [2.75, 3.05) is 19.3 Å². The van der Waals surface area contributed by atoms with Gasteiger partial charge in [0.2, 0.25) is 10.0 Å². The number of aliphatic hydroxyl groups is 1. The van der Waals surface area contributed by atoms with Crippen LogP contribution >= 0.6 is 15.9 Å². The van der Waals surface area contributed by atoms with Crippen LogP contribution in [0.25, 0.3) is 0 Å². The molecule has 0 saturated heterocycles. The van der Waals surface area contributed by atoms with E-state index in [4.69, 9.17) is 10.8 Å². The summed E-state index contributed by atoms with van der Waals surface area (Å²) in [7, 11) is -2.42. The van der Waals surface area contributed by atoms with Gasteiger partial charge in [0.1, 0.15) is 10.7 Å². The van der Waals surface area contributed by atoms with Crippen LogP contribution in [0.3, 0.4) is 0 Å². The number of nitrogens with two attached hydrogens (primary N) is 1. The highest BCUT2D eigenvalue weighted by Gasteiger charge is 2.24. The lowest BCUT2D eigenvalue weighted by Crippen LogP contribution is -2.30. The van der Waals surface area contributed by atoms with Crippen LogP contribution in [0.4, 0.5) is 10.1 Å². The predicted octanol–water partition coefficient (Wildman–Crippen LogP) is 1.56. The standard InChI is InChI=1S/C11H16BrFN2O3S/c1-7(16)3-4-15(2)19(17,18)11-5-8(12)9(13)6-10(11)14/h5-7,16H,3-4,14H2,1-2H3. The van der Waals surface area contributed by atoms with E-state index < -0.39 is 21.9 Å². The Morgan fingerprint density at radius 3 is 2.63 bits per heavy atom. The number of nitrogen functional groups attached to an aromatic ring is 1. The molecule has 1 aromatic rings. The fourth-order valence-electron chi connectivity index (χ4n) is 1.42. The smallest absolute Gasteiger partial charge is 0.244 e. The Labute approximate surface area is 120 Å². The molecule has 0 saturated carbocycles. The summed E-state index contributed by atoms with van der Waals surface area (Å²) in [5, 5.41) is 9.17. The van der Waals surface area contributed by atoms with Crippen molar-refractivity contribution in [3.05, 3.63) is 22.4 Å². The fraction of sp³-hybridized carbons (Fsp3) is 0.455. The van der Waals surface area contributed by atoms with Crippen molar-refractivity contribution in [1.29, 1.82) is 0 Å². The van der Waals surface area contributed by atoms with Gasteiger partial charge >= 0.3 is 0 Å². The summed E-state index contributed by atoms with van der Waals surface area (Å²) in [6, 6.07) is 2.10. The monoisotopic (exact) mass is 354 g/mol. The zero-order valence-electron chi connectivity index (χ0n) is 10.6. The van der Waals surface area contributed by atoms with Crippen LogP contribution in [0.15, 0.2) is 21.5 Å². The molecule has 1 unspecified atom stereocenters. The molecule has 0 aliphatic carbocycles. The van der Waals surface area contributed by atoms with Gasteiger partial charge in [-0.15, -0.1) is 0 Å². The molecule has 1 rings (SSSR count). The number of rotatable bonds is 5. The molecule has 0 aliphatic rings. The van der Waals surface area contributed by atoms with Crippen LogP contribution in [-0.4, -0.2) is 37.5 Å². The lowest BCUT2D eigenvalue weighted by molar-refractivity contribution is 0.177. The van der Waals surface area contributed by atoms with E-state index in [-0.39, 0.29) is 21.6 Å². The van der Waals surface area contributed by atoms with Crippen molar-refractivity contribution in [2.24, 2.45) is 0 Å². The third kappa shape index (κ3) is 3.88. The summed E-state index contributed by atoms with van der Waals surface area (Å²) < 4.78 is 38.8. The summed E-state index contributed by atoms with van der Waals surface area (Å²) in [6.07, 6.45) is -0.298. The first kappa shape index (κ1) is 16.4. The maximum atomic E-state index is 13.2. The Morgan fingerprint density at radius 1 is 1.53 bits per heavy atom. The molecule has 0 spiro atoms. The Morgan fingerprint density at radius 2 is 2.11 bits per heavy atom. The molecule has 0 radical (unpaired) electrons. The molecule has 108 valence electrons. The largest absolute Gasteiger partial charge is 0.398 e. The first-order valence-electron chi connectivity index (χ1n) is 5.55. The minimum absolute atomic E-state index is 0.0317. The molecular formula is C11H16BrFN2O3S. The van der Waals surface area contributed by atoms with E-state index in [0.29, 0.717) is 6.42 Å². The van der Waals surface area contributed by atoms with Gasteiger partial charge in [-0.3, -0.25) is 0 Å². The molecule has 0 heterocycles. The molecule has 1 atom stereocenters. The topological polar surface area (TPSA) is 83.6 Å². The summed E-state index contributed by atoms with van der Waals surface area (Å²) in [6.45, 7) is 1.72. The van der Waals surface area contributed by atoms with Gasteiger partial charge in [-0.05, 0) is 41.4 Å². The summed E-state index contributed by atoms with van der Waals surface area (Å²) in [5.41, 5.74) is 5.41. The molecule has 3 N–H and O–H groups in total. The number of aliphatic hydroxyl groups excluding tert-OH is 1. The van der Waals surface area contributed by atoms with Crippen LogP contribution in [-0.2, 0) is 10.0 Å². The van der Waals surface area contributed by atoms with E-state index in [1.54, 1.807) is 6.92 Å². The van der Waals surface area contributed by atoms with Crippen molar-refractivity contribution >= 4 is 31.6 Å². The van der Waals surface area contributed by atoms with Crippen LogP contribution in [0, 0.1) is 5.82 Å². The van der Waals surface area contributed by atoms with Gasteiger partial charge < -0.3 is 10.8 Å². The third-order valence-electron chi connectivity index (χ3n) is 2.60. The molecule has 0 fully saturated rings. The fourth-order valence-corrected chi connectivity index (χ4v) is 3.22. The van der Waals surface area contributed by atoms with E-state index in [0.717, 1.165) is 16.4 Å². The zero-order valence-corrected chi connectivity index (χ0v) is 13.0. The second-order valence-electron chi connectivity index (χ2n) is 4.27. The molecule has 5 nitrogen and oxygen atoms in total. The zero-order chi connectivity index (χ0) is 14.8. The Kier molecular flexibility index (Phi) is 5.31. The van der Waals surface area contributed by atoms with Crippen molar-refractivity contribution in [2.45, 2.75) is 24.3 Å². The van der Waals surface area contributed by atoms with E-state index in [9.17, 15) is 12.8 Å². The normalized spacial score (nSPS) is 13.8. The van der Waals surface area contributed by atoms with Gasteiger partial charge in [-0.2, -0.15) is 0 Å². The van der Waals surface area contributed by atoms with Crippen molar-refractivity contribution in [3.8, 4) is 0 Å². The lowest BCUT2D eigenvalue weighted by atomic mass is 10.3. The quantitative estimate of drug-likeness (QED) is 0.786. The third-order valence-corrected chi connectivity index (χ3v) is 5.12. The van der Waals surface area contributed by atoms with Crippen LogP contribution < -0.4 is 5.73 Å². The number of halogens is 2. The molecule has 0 bridgehead atoms. The van der Waals surface area contributed by atoms with E-state index in [2.05, 4.69) is 15.9 Å². The summed E-state index contributed by atoms with van der Waals surface area (Å²) in [4.78, 5) is -0.158. The van der Waals surface area contributed by atoms with Crippen LogP contribution in [0.1, 0.15) is 13.3 Å². The minimum Gasteiger partial charge on any atom is -0.398 e. The van der Waals surface area contributed by atoms with Gasteiger partial charge in [-0.1, -0.05) is 0 Å². The van der Waals surface area contributed by atoms with Crippen molar-refractivity contribution in [1.82, 2.24) is 4.31 Å². The SMILES string of the molecule is CC(O)CCN(C)S(=O)(=O)c1cc(Br)c(F)cc1N. The number of anilines is 1. The molecule has 19 heavy (non-hydrogen) atoms. The molecule has 0 amide bonds. The van der Waals surface area contributed by atoms with Gasteiger partial charge in [0.05, 0.1) is 16.3 Å². The second-order valence-corrected chi connectivity index (χ2v) is 7.14.